The average molecular weight is 309 g/mol. The Bertz CT molecular complexity index is 689. The van der Waals surface area contributed by atoms with Crippen LogP contribution in [0.3, 0.4) is 0 Å². The first-order chi connectivity index (χ1) is 10.0. The zero-order valence-corrected chi connectivity index (χ0v) is 13.5. The Hall–Kier alpha value is -1.33. The molecule has 116 valence electrons. The lowest BCUT2D eigenvalue weighted by Crippen LogP contribution is -2.22. The molecule has 0 bridgehead atoms. The summed E-state index contributed by atoms with van der Waals surface area (Å²) in [6, 6.07) is 8.00. The van der Waals surface area contributed by atoms with Crippen LogP contribution in [0.4, 0.5) is 0 Å². The molecule has 0 atom stereocenters. The number of sulfone groups is 1. The third-order valence-electron chi connectivity index (χ3n) is 3.49. The molecule has 2 rings (SSSR count). The highest BCUT2D eigenvalue weighted by Crippen LogP contribution is 2.27. The van der Waals surface area contributed by atoms with Crippen LogP contribution in [0.1, 0.15) is 31.1 Å². The summed E-state index contributed by atoms with van der Waals surface area (Å²) in [5, 5.41) is 4.33. The van der Waals surface area contributed by atoms with Crippen LogP contribution in [0.2, 0.25) is 0 Å². The molecule has 1 aromatic carbocycles. The predicted molar refractivity (Wildman–Crippen MR) is 86.2 cm³/mol. The molecule has 1 N–H and O–H groups in total. The van der Waals surface area contributed by atoms with E-state index in [1.807, 2.05) is 18.2 Å². The van der Waals surface area contributed by atoms with Crippen molar-refractivity contribution >= 4 is 20.8 Å². The van der Waals surface area contributed by atoms with E-state index in [2.05, 4.69) is 18.3 Å². The summed E-state index contributed by atoms with van der Waals surface area (Å²) < 4.78 is 28.3. The zero-order valence-electron chi connectivity index (χ0n) is 12.7. The molecule has 5 heteroatoms. The number of hydrogen-bond acceptors (Lipinski definition) is 4. The second-order valence-corrected chi connectivity index (χ2v) is 7.67. The highest BCUT2D eigenvalue weighted by Gasteiger charge is 2.13. The summed E-state index contributed by atoms with van der Waals surface area (Å²) in [5.41, 5.74) is 2.07. The van der Waals surface area contributed by atoms with Crippen LogP contribution in [0, 0.1) is 0 Å². The second-order valence-electron chi connectivity index (χ2n) is 5.41. The summed E-state index contributed by atoms with van der Waals surface area (Å²) in [4.78, 5) is 0. The monoisotopic (exact) mass is 309 g/mol. The van der Waals surface area contributed by atoms with Gasteiger partial charge in [0.15, 0.2) is 0 Å². The van der Waals surface area contributed by atoms with E-state index >= 15 is 0 Å². The molecular weight excluding hydrogens is 286 g/mol. The molecule has 0 aliphatic rings. The van der Waals surface area contributed by atoms with Crippen LogP contribution < -0.4 is 5.32 Å². The standard InChI is InChI=1S/C16H23NO3S/c1-3-4-8-16-14(12-17-10-11-21(2,18)19)13-7-5-6-9-15(13)20-16/h5-7,9,17H,3-4,8,10-12H2,1-2H3. The topological polar surface area (TPSA) is 59.3 Å². The van der Waals surface area contributed by atoms with Crippen molar-refractivity contribution in [2.75, 3.05) is 18.6 Å². The molecule has 0 saturated carbocycles. The van der Waals surface area contributed by atoms with E-state index in [-0.39, 0.29) is 5.75 Å². The number of nitrogens with one attached hydrogen (secondary N) is 1. The third kappa shape index (κ3) is 4.58. The fourth-order valence-electron chi connectivity index (χ4n) is 2.35. The lowest BCUT2D eigenvalue weighted by Gasteiger charge is -2.05. The highest BCUT2D eigenvalue weighted by molar-refractivity contribution is 7.90. The Morgan fingerprint density at radius 2 is 2.00 bits per heavy atom. The van der Waals surface area contributed by atoms with E-state index in [4.69, 9.17) is 4.42 Å². The van der Waals surface area contributed by atoms with Gasteiger partial charge in [0, 0.05) is 36.7 Å². The van der Waals surface area contributed by atoms with E-state index in [1.54, 1.807) is 0 Å². The lowest BCUT2D eigenvalue weighted by molar-refractivity contribution is 0.525. The first-order valence-corrected chi connectivity index (χ1v) is 9.45. The molecule has 4 nitrogen and oxygen atoms in total. The molecule has 0 fully saturated rings. The fraction of sp³-hybridized carbons (Fsp3) is 0.500. The van der Waals surface area contributed by atoms with E-state index in [1.165, 1.54) is 6.26 Å². The van der Waals surface area contributed by atoms with Gasteiger partial charge in [-0.2, -0.15) is 0 Å². The van der Waals surface area contributed by atoms with E-state index < -0.39 is 9.84 Å². The average Bonchev–Trinajstić information content (AvgIpc) is 2.78. The maximum atomic E-state index is 11.2. The molecular formula is C16H23NO3S. The van der Waals surface area contributed by atoms with Gasteiger partial charge in [0.2, 0.25) is 0 Å². The third-order valence-corrected chi connectivity index (χ3v) is 4.44. The van der Waals surface area contributed by atoms with E-state index in [9.17, 15) is 8.42 Å². The molecule has 21 heavy (non-hydrogen) atoms. The van der Waals surface area contributed by atoms with E-state index in [0.717, 1.165) is 41.6 Å². The fourth-order valence-corrected chi connectivity index (χ4v) is 2.87. The number of aryl methyl sites for hydroxylation is 1. The van der Waals surface area contributed by atoms with Gasteiger partial charge in [-0.05, 0) is 12.5 Å². The lowest BCUT2D eigenvalue weighted by atomic mass is 10.1. The Balaban J connectivity index is 2.12. The predicted octanol–water partition coefficient (Wildman–Crippen LogP) is 2.91. The van der Waals surface area contributed by atoms with Gasteiger partial charge in [-0.25, -0.2) is 8.42 Å². The maximum Gasteiger partial charge on any atom is 0.148 e. The zero-order chi connectivity index (χ0) is 15.3. The normalized spacial score (nSPS) is 12.1. The van der Waals surface area contributed by atoms with Gasteiger partial charge in [0.05, 0.1) is 5.75 Å². The van der Waals surface area contributed by atoms with Crippen LogP contribution in [0.5, 0.6) is 0 Å². The first kappa shape index (κ1) is 16.0. The van der Waals surface area contributed by atoms with Crippen LogP contribution in [0.15, 0.2) is 28.7 Å². The number of fused-ring (bicyclic) bond motifs is 1. The molecule has 0 radical (unpaired) electrons. The molecule has 1 heterocycles. The van der Waals surface area contributed by atoms with Gasteiger partial charge in [0.25, 0.3) is 0 Å². The van der Waals surface area contributed by atoms with Gasteiger partial charge >= 0.3 is 0 Å². The van der Waals surface area contributed by atoms with Gasteiger partial charge in [0.1, 0.15) is 21.2 Å². The number of para-hydroxylation sites is 1. The Labute approximate surface area is 126 Å². The van der Waals surface area contributed by atoms with Crippen molar-refractivity contribution < 1.29 is 12.8 Å². The van der Waals surface area contributed by atoms with Crippen LogP contribution in [-0.2, 0) is 22.8 Å². The van der Waals surface area contributed by atoms with Crippen LogP contribution in [0.25, 0.3) is 11.0 Å². The summed E-state index contributed by atoms with van der Waals surface area (Å²) in [6.45, 7) is 3.27. The van der Waals surface area contributed by atoms with Crippen molar-refractivity contribution in [2.45, 2.75) is 32.7 Å². The molecule has 0 saturated heterocycles. The summed E-state index contributed by atoms with van der Waals surface area (Å²) in [7, 11) is -2.92. The largest absolute Gasteiger partial charge is 0.461 e. The van der Waals surface area contributed by atoms with Crippen LogP contribution >= 0.6 is 0 Å². The number of rotatable bonds is 8. The number of benzene rings is 1. The molecule has 0 unspecified atom stereocenters. The Morgan fingerprint density at radius 3 is 2.71 bits per heavy atom. The van der Waals surface area contributed by atoms with Crippen molar-refractivity contribution in [2.24, 2.45) is 0 Å². The van der Waals surface area contributed by atoms with Crippen molar-refractivity contribution in [3.8, 4) is 0 Å². The minimum Gasteiger partial charge on any atom is -0.461 e. The number of unbranched alkanes of at least 4 members (excludes halogenated alkanes) is 1. The van der Waals surface area contributed by atoms with Crippen molar-refractivity contribution in [1.82, 2.24) is 5.32 Å². The summed E-state index contributed by atoms with van der Waals surface area (Å²) in [5.74, 6) is 1.18. The van der Waals surface area contributed by atoms with Gasteiger partial charge in [-0.1, -0.05) is 31.5 Å². The Kier molecular flexibility index (Phi) is 5.42. The molecule has 1 aromatic heterocycles. The summed E-state index contributed by atoms with van der Waals surface area (Å²) in [6.07, 6.45) is 4.40. The highest BCUT2D eigenvalue weighted by atomic mass is 32.2. The van der Waals surface area contributed by atoms with Crippen molar-refractivity contribution in [1.29, 1.82) is 0 Å². The summed E-state index contributed by atoms with van der Waals surface area (Å²) >= 11 is 0. The molecule has 0 amide bonds. The van der Waals surface area contributed by atoms with Gasteiger partial charge in [-0.15, -0.1) is 0 Å². The minimum absolute atomic E-state index is 0.160. The van der Waals surface area contributed by atoms with Crippen molar-refractivity contribution in [3.63, 3.8) is 0 Å². The smallest absolute Gasteiger partial charge is 0.148 e. The Morgan fingerprint density at radius 1 is 1.24 bits per heavy atom. The molecule has 0 aliphatic carbocycles. The molecule has 0 spiro atoms. The maximum absolute atomic E-state index is 11.2. The number of furan rings is 1. The minimum atomic E-state index is -2.92. The van der Waals surface area contributed by atoms with Gasteiger partial charge in [-0.3, -0.25) is 0 Å². The second kappa shape index (κ2) is 7.09. The SMILES string of the molecule is CCCCc1oc2ccccc2c1CNCCS(C)(=O)=O. The molecule has 0 aliphatic heterocycles. The quantitative estimate of drug-likeness (QED) is 0.762. The van der Waals surface area contributed by atoms with E-state index in [0.29, 0.717) is 13.1 Å². The molecule has 2 aromatic rings. The van der Waals surface area contributed by atoms with Gasteiger partial charge < -0.3 is 9.73 Å². The first-order valence-electron chi connectivity index (χ1n) is 7.39. The number of hydrogen-bond donors (Lipinski definition) is 1. The van der Waals surface area contributed by atoms with Crippen LogP contribution in [-0.4, -0.2) is 27.0 Å². The van der Waals surface area contributed by atoms with Crippen molar-refractivity contribution in [3.05, 3.63) is 35.6 Å².